The van der Waals surface area contributed by atoms with Crippen LogP contribution in [0, 0.1) is 5.92 Å². The number of hydrogen-bond donors (Lipinski definition) is 0. The van der Waals surface area contributed by atoms with E-state index in [1.807, 2.05) is 18.2 Å². The normalized spacial score (nSPS) is 27.9. The fraction of sp³-hybridized carbons (Fsp3) is 0.350. The third kappa shape index (κ3) is 2.71. The molecule has 2 atom stereocenters. The van der Waals surface area contributed by atoms with E-state index >= 15 is 0 Å². The maximum Gasteiger partial charge on any atom is 0.154 e. The summed E-state index contributed by atoms with van der Waals surface area (Å²) in [6.07, 6.45) is 2.05. The minimum Gasteiger partial charge on any atom is -0.298 e. The van der Waals surface area contributed by atoms with Crippen molar-refractivity contribution in [2.24, 2.45) is 5.92 Å². The molecule has 3 heteroatoms. The minimum atomic E-state index is -0.0360. The molecule has 3 aliphatic rings. The Hall–Kier alpha value is -1.64. The molecule has 0 unspecified atom stereocenters. The molecule has 3 heterocycles. The Morgan fingerprint density at radius 1 is 0.913 bits per heavy atom. The van der Waals surface area contributed by atoms with Gasteiger partial charge >= 0.3 is 0 Å². The number of halogens is 1. The zero-order chi connectivity index (χ0) is 15.8. The number of ketones is 1. The van der Waals surface area contributed by atoms with E-state index in [0.717, 1.165) is 31.0 Å². The maximum absolute atomic E-state index is 13.0. The van der Waals surface area contributed by atoms with E-state index in [1.165, 1.54) is 11.1 Å². The summed E-state index contributed by atoms with van der Waals surface area (Å²) in [4.78, 5) is 15.4. The molecule has 0 N–H and O–H groups in total. The highest BCUT2D eigenvalue weighted by Gasteiger charge is 2.45. The van der Waals surface area contributed by atoms with Crippen LogP contribution in [0.2, 0.25) is 5.02 Å². The molecule has 3 fully saturated rings. The Balaban J connectivity index is 1.79. The predicted octanol–water partition coefficient (Wildman–Crippen LogP) is 4.14. The van der Waals surface area contributed by atoms with Crippen molar-refractivity contribution in [3.8, 4) is 0 Å². The summed E-state index contributed by atoms with van der Waals surface area (Å²) in [5.74, 6) is 0.763. The highest BCUT2D eigenvalue weighted by atomic mass is 35.5. The van der Waals surface area contributed by atoms with Gasteiger partial charge in [-0.1, -0.05) is 54.1 Å². The van der Waals surface area contributed by atoms with Gasteiger partial charge in [-0.2, -0.15) is 0 Å². The summed E-state index contributed by atoms with van der Waals surface area (Å²) in [6, 6.07) is 18.3. The quantitative estimate of drug-likeness (QED) is 0.845. The number of piperidine rings is 3. The van der Waals surface area contributed by atoms with Gasteiger partial charge in [0.1, 0.15) is 0 Å². The summed E-state index contributed by atoms with van der Waals surface area (Å²) in [5.41, 5.74) is 2.38. The number of rotatable bonds is 3. The van der Waals surface area contributed by atoms with Crippen LogP contribution < -0.4 is 0 Å². The van der Waals surface area contributed by atoms with Crippen molar-refractivity contribution in [2.45, 2.75) is 24.8 Å². The third-order valence-electron chi connectivity index (χ3n) is 5.32. The summed E-state index contributed by atoms with van der Waals surface area (Å²) >= 11 is 6.06. The van der Waals surface area contributed by atoms with Crippen molar-refractivity contribution in [1.82, 2.24) is 4.90 Å². The second-order valence-electron chi connectivity index (χ2n) is 6.60. The lowest BCUT2D eigenvalue weighted by Gasteiger charge is -2.47. The van der Waals surface area contributed by atoms with Crippen molar-refractivity contribution in [2.75, 3.05) is 13.1 Å². The average molecular weight is 326 g/mol. The number of fused-ring (bicyclic) bond motifs is 3. The minimum absolute atomic E-state index is 0.0360. The fourth-order valence-corrected chi connectivity index (χ4v) is 4.27. The van der Waals surface area contributed by atoms with E-state index in [2.05, 4.69) is 41.3 Å². The van der Waals surface area contributed by atoms with E-state index in [-0.39, 0.29) is 17.9 Å². The average Bonchev–Trinajstić information content (AvgIpc) is 2.61. The van der Waals surface area contributed by atoms with E-state index in [1.54, 1.807) is 0 Å². The Morgan fingerprint density at radius 2 is 1.52 bits per heavy atom. The van der Waals surface area contributed by atoms with Gasteiger partial charge in [-0.3, -0.25) is 9.69 Å². The van der Waals surface area contributed by atoms with E-state index in [4.69, 9.17) is 11.6 Å². The van der Waals surface area contributed by atoms with Gasteiger partial charge in [0.15, 0.2) is 5.78 Å². The molecule has 118 valence electrons. The molecule has 5 rings (SSSR count). The van der Waals surface area contributed by atoms with E-state index in [0.29, 0.717) is 5.78 Å². The lowest BCUT2D eigenvalue weighted by Crippen LogP contribution is -2.57. The molecular weight excluding hydrogens is 306 g/mol. The van der Waals surface area contributed by atoms with Gasteiger partial charge in [-0.15, -0.1) is 0 Å². The highest BCUT2D eigenvalue weighted by Crippen LogP contribution is 2.39. The molecule has 0 saturated carbocycles. The molecule has 3 aliphatic heterocycles. The van der Waals surface area contributed by atoms with Gasteiger partial charge in [0.05, 0.1) is 6.04 Å². The second-order valence-corrected chi connectivity index (χ2v) is 7.03. The molecule has 0 spiro atoms. The lowest BCUT2D eigenvalue weighted by molar-refractivity contribution is -0.137. The molecule has 0 radical (unpaired) electrons. The van der Waals surface area contributed by atoms with Crippen molar-refractivity contribution < 1.29 is 4.79 Å². The van der Waals surface area contributed by atoms with Crippen LogP contribution in [-0.4, -0.2) is 29.8 Å². The van der Waals surface area contributed by atoms with Crippen LogP contribution in [0.3, 0.4) is 0 Å². The van der Waals surface area contributed by atoms with Crippen LogP contribution in [0.25, 0.3) is 0 Å². The molecule has 2 nitrogen and oxygen atoms in total. The first kappa shape index (κ1) is 14.9. The van der Waals surface area contributed by atoms with Crippen molar-refractivity contribution in [1.29, 1.82) is 0 Å². The van der Waals surface area contributed by atoms with E-state index in [9.17, 15) is 4.79 Å². The Kier molecular flexibility index (Phi) is 3.96. The Labute approximate surface area is 142 Å². The first-order valence-corrected chi connectivity index (χ1v) is 8.70. The number of hydrogen-bond acceptors (Lipinski definition) is 2. The monoisotopic (exact) mass is 325 g/mol. The fourth-order valence-electron chi connectivity index (χ4n) is 4.15. The van der Waals surface area contributed by atoms with E-state index < -0.39 is 0 Å². The van der Waals surface area contributed by atoms with Crippen LogP contribution in [-0.2, 0) is 4.79 Å². The molecule has 0 aliphatic carbocycles. The summed E-state index contributed by atoms with van der Waals surface area (Å²) < 4.78 is 0. The molecule has 3 saturated heterocycles. The van der Waals surface area contributed by atoms with Crippen molar-refractivity contribution in [3.05, 3.63) is 70.7 Å². The molecular formula is C20H20ClNO. The summed E-state index contributed by atoms with van der Waals surface area (Å²) in [5, 5.41) is 0.734. The first-order chi connectivity index (χ1) is 11.2. The van der Waals surface area contributed by atoms with Gasteiger partial charge < -0.3 is 0 Å². The third-order valence-corrected chi connectivity index (χ3v) is 5.57. The predicted molar refractivity (Wildman–Crippen MR) is 92.8 cm³/mol. The topological polar surface area (TPSA) is 20.3 Å². The largest absolute Gasteiger partial charge is 0.298 e. The zero-order valence-corrected chi connectivity index (χ0v) is 13.7. The smallest absolute Gasteiger partial charge is 0.154 e. The standard InChI is InChI=1S/C20H20ClNO/c21-17-8-6-15(7-9-17)18(14-4-2-1-3-5-14)19-20(23)16-10-12-22(19)13-11-16/h1-9,16,18-19H,10-13H2/t18-,19+/m1/s1. The van der Waals surface area contributed by atoms with Crippen LogP contribution in [0.4, 0.5) is 0 Å². The summed E-state index contributed by atoms with van der Waals surface area (Å²) in [6.45, 7) is 2.08. The first-order valence-electron chi connectivity index (χ1n) is 8.32. The van der Waals surface area contributed by atoms with Crippen molar-refractivity contribution >= 4 is 17.4 Å². The number of carbonyl (C=O) groups excluding carboxylic acids is 1. The van der Waals surface area contributed by atoms with Crippen LogP contribution >= 0.6 is 11.6 Å². The van der Waals surface area contributed by atoms with Crippen LogP contribution in [0.1, 0.15) is 29.9 Å². The SMILES string of the molecule is O=C1C2CCN(CC2)[C@H]1[C@H](c1ccccc1)c1ccc(Cl)cc1. The van der Waals surface area contributed by atoms with Gasteiger partial charge in [-0.25, -0.2) is 0 Å². The van der Waals surface area contributed by atoms with Crippen LogP contribution in [0.5, 0.6) is 0 Å². The zero-order valence-electron chi connectivity index (χ0n) is 13.0. The van der Waals surface area contributed by atoms with Gasteiger partial charge in [-0.05, 0) is 49.2 Å². The number of Topliss-reactive ketones (excluding diaryl/α,β-unsaturated/α-hetero) is 1. The van der Waals surface area contributed by atoms with Gasteiger partial charge in [0.2, 0.25) is 0 Å². The number of carbonyl (C=O) groups is 1. The number of nitrogens with zero attached hydrogens (tertiary/aromatic N) is 1. The lowest BCUT2D eigenvalue weighted by atomic mass is 9.73. The maximum atomic E-state index is 13.0. The molecule has 0 amide bonds. The molecule has 2 aromatic carbocycles. The van der Waals surface area contributed by atoms with Crippen molar-refractivity contribution in [3.63, 3.8) is 0 Å². The van der Waals surface area contributed by atoms with Gasteiger partial charge in [0.25, 0.3) is 0 Å². The molecule has 23 heavy (non-hydrogen) atoms. The molecule has 2 bridgehead atoms. The summed E-state index contributed by atoms with van der Waals surface area (Å²) in [7, 11) is 0. The second kappa shape index (κ2) is 6.10. The number of benzene rings is 2. The molecule has 2 aromatic rings. The Morgan fingerprint density at radius 3 is 2.13 bits per heavy atom. The Bertz CT molecular complexity index is 689. The highest BCUT2D eigenvalue weighted by molar-refractivity contribution is 6.30. The molecule has 0 aromatic heterocycles. The van der Waals surface area contributed by atoms with Crippen LogP contribution in [0.15, 0.2) is 54.6 Å². The van der Waals surface area contributed by atoms with Gasteiger partial charge in [0, 0.05) is 16.9 Å².